The SMILES string of the molecule is CNc1cn2ccnc2c(NC2CC(OC)C2)n1. The summed E-state index contributed by atoms with van der Waals surface area (Å²) >= 11 is 0. The lowest BCUT2D eigenvalue weighted by Crippen LogP contribution is -2.40. The van der Waals surface area contributed by atoms with Gasteiger partial charge in [0.2, 0.25) is 0 Å². The average Bonchev–Trinajstić information content (AvgIpc) is 2.80. The van der Waals surface area contributed by atoms with Gasteiger partial charge in [0.25, 0.3) is 0 Å². The predicted octanol–water partition coefficient (Wildman–Crippen LogP) is 1.36. The largest absolute Gasteiger partial charge is 0.381 e. The molecular weight excluding hydrogens is 230 g/mol. The van der Waals surface area contributed by atoms with Crippen LogP contribution in [0.15, 0.2) is 18.6 Å². The molecule has 1 fully saturated rings. The third-order valence-electron chi connectivity index (χ3n) is 3.40. The second-order valence-corrected chi connectivity index (χ2v) is 4.55. The standard InChI is InChI=1S/C12H17N5O/c1-13-10-7-17-4-3-14-12(17)11(16-10)15-8-5-9(6-8)18-2/h3-4,7-9,13H,5-6H2,1-2H3,(H,15,16). The Bertz CT molecular complexity index is 546. The van der Waals surface area contributed by atoms with Crippen LogP contribution in [0, 0.1) is 0 Å². The molecule has 2 aromatic heterocycles. The summed E-state index contributed by atoms with van der Waals surface area (Å²) in [5.74, 6) is 1.65. The summed E-state index contributed by atoms with van der Waals surface area (Å²) in [4.78, 5) is 8.84. The molecule has 6 nitrogen and oxygen atoms in total. The number of rotatable bonds is 4. The lowest BCUT2D eigenvalue weighted by atomic mass is 9.89. The van der Waals surface area contributed by atoms with Crippen LogP contribution in [0.4, 0.5) is 11.6 Å². The van der Waals surface area contributed by atoms with Gasteiger partial charge in [0, 0.05) is 32.6 Å². The molecule has 0 atom stereocenters. The van der Waals surface area contributed by atoms with E-state index in [-0.39, 0.29) is 0 Å². The molecule has 18 heavy (non-hydrogen) atoms. The van der Waals surface area contributed by atoms with Crippen LogP contribution < -0.4 is 10.6 Å². The smallest absolute Gasteiger partial charge is 0.180 e. The van der Waals surface area contributed by atoms with Gasteiger partial charge in [0.15, 0.2) is 11.5 Å². The summed E-state index contributed by atoms with van der Waals surface area (Å²) in [6.07, 6.45) is 8.05. The molecule has 1 aliphatic rings. The molecule has 2 aromatic rings. The summed E-state index contributed by atoms with van der Waals surface area (Å²) < 4.78 is 7.24. The van der Waals surface area contributed by atoms with Gasteiger partial charge < -0.3 is 19.8 Å². The molecule has 0 bridgehead atoms. The average molecular weight is 247 g/mol. The van der Waals surface area contributed by atoms with Gasteiger partial charge in [-0.25, -0.2) is 9.97 Å². The van der Waals surface area contributed by atoms with Crippen molar-refractivity contribution in [2.24, 2.45) is 0 Å². The molecule has 1 saturated carbocycles. The van der Waals surface area contributed by atoms with Crippen molar-refractivity contribution in [3.05, 3.63) is 18.6 Å². The highest BCUT2D eigenvalue weighted by molar-refractivity contribution is 5.65. The molecule has 96 valence electrons. The number of methoxy groups -OCH3 is 1. The number of nitrogens with zero attached hydrogens (tertiary/aromatic N) is 3. The highest BCUT2D eigenvalue weighted by Gasteiger charge is 2.29. The zero-order chi connectivity index (χ0) is 12.5. The van der Waals surface area contributed by atoms with Crippen molar-refractivity contribution < 1.29 is 4.74 Å². The van der Waals surface area contributed by atoms with E-state index in [1.54, 1.807) is 13.3 Å². The Morgan fingerprint density at radius 3 is 3.00 bits per heavy atom. The normalized spacial score (nSPS) is 22.8. The van der Waals surface area contributed by atoms with Crippen LogP contribution in [0.1, 0.15) is 12.8 Å². The van der Waals surface area contributed by atoms with Crippen LogP contribution >= 0.6 is 0 Å². The van der Waals surface area contributed by atoms with E-state index in [9.17, 15) is 0 Å². The van der Waals surface area contributed by atoms with E-state index in [1.807, 2.05) is 23.8 Å². The summed E-state index contributed by atoms with van der Waals surface area (Å²) in [7, 11) is 3.62. The van der Waals surface area contributed by atoms with Gasteiger partial charge in [0.05, 0.1) is 12.3 Å². The minimum atomic E-state index is 0.380. The van der Waals surface area contributed by atoms with E-state index in [2.05, 4.69) is 20.6 Å². The van der Waals surface area contributed by atoms with Gasteiger partial charge in [-0.3, -0.25) is 0 Å². The number of aromatic nitrogens is 3. The van der Waals surface area contributed by atoms with Crippen molar-refractivity contribution in [1.82, 2.24) is 14.4 Å². The lowest BCUT2D eigenvalue weighted by Gasteiger charge is -2.34. The third-order valence-corrected chi connectivity index (χ3v) is 3.40. The van der Waals surface area contributed by atoms with E-state index >= 15 is 0 Å². The molecular formula is C12H17N5O. The molecule has 0 saturated heterocycles. The molecule has 1 aliphatic carbocycles. The van der Waals surface area contributed by atoms with Crippen molar-refractivity contribution in [2.45, 2.75) is 25.0 Å². The fourth-order valence-corrected chi connectivity index (χ4v) is 2.22. The third kappa shape index (κ3) is 1.88. The number of ether oxygens (including phenoxy) is 1. The predicted molar refractivity (Wildman–Crippen MR) is 70.0 cm³/mol. The van der Waals surface area contributed by atoms with Crippen molar-refractivity contribution in [2.75, 3.05) is 24.8 Å². The van der Waals surface area contributed by atoms with Gasteiger partial charge >= 0.3 is 0 Å². The molecule has 0 aromatic carbocycles. The molecule has 0 spiro atoms. The topological polar surface area (TPSA) is 63.5 Å². The number of hydrogen-bond donors (Lipinski definition) is 2. The summed E-state index contributed by atoms with van der Waals surface area (Å²) in [5.41, 5.74) is 0.856. The Balaban J connectivity index is 1.84. The minimum absolute atomic E-state index is 0.380. The highest BCUT2D eigenvalue weighted by atomic mass is 16.5. The van der Waals surface area contributed by atoms with Crippen molar-refractivity contribution >= 4 is 17.3 Å². The number of imidazole rings is 1. The Morgan fingerprint density at radius 2 is 2.28 bits per heavy atom. The van der Waals surface area contributed by atoms with Crippen molar-refractivity contribution in [1.29, 1.82) is 0 Å². The Kier molecular flexibility index (Phi) is 2.79. The first-order valence-electron chi connectivity index (χ1n) is 6.11. The van der Waals surface area contributed by atoms with Crippen molar-refractivity contribution in [3.63, 3.8) is 0 Å². The van der Waals surface area contributed by atoms with Crippen LogP contribution in [0.5, 0.6) is 0 Å². The van der Waals surface area contributed by atoms with E-state index in [0.29, 0.717) is 12.1 Å². The monoisotopic (exact) mass is 247 g/mol. The maximum absolute atomic E-state index is 5.28. The molecule has 3 rings (SSSR count). The van der Waals surface area contributed by atoms with E-state index in [1.165, 1.54) is 0 Å². The maximum atomic E-state index is 5.28. The van der Waals surface area contributed by atoms with Crippen LogP contribution in [-0.2, 0) is 4.74 Å². The molecule has 0 radical (unpaired) electrons. The zero-order valence-electron chi connectivity index (χ0n) is 10.6. The molecule has 0 aliphatic heterocycles. The molecule has 0 unspecified atom stereocenters. The molecule has 6 heteroatoms. The zero-order valence-corrected chi connectivity index (χ0v) is 10.6. The quantitative estimate of drug-likeness (QED) is 0.854. The number of fused-ring (bicyclic) bond motifs is 1. The second kappa shape index (κ2) is 4.45. The van der Waals surface area contributed by atoms with Crippen LogP contribution in [0.25, 0.3) is 5.65 Å². The lowest BCUT2D eigenvalue weighted by molar-refractivity contribution is 0.0328. The summed E-state index contributed by atoms with van der Waals surface area (Å²) in [6.45, 7) is 0. The molecule has 2 N–H and O–H groups in total. The highest BCUT2D eigenvalue weighted by Crippen LogP contribution is 2.27. The Hall–Kier alpha value is -1.82. The second-order valence-electron chi connectivity index (χ2n) is 4.55. The van der Waals surface area contributed by atoms with Crippen LogP contribution in [0.3, 0.4) is 0 Å². The molecule has 2 heterocycles. The van der Waals surface area contributed by atoms with Crippen molar-refractivity contribution in [3.8, 4) is 0 Å². The Morgan fingerprint density at radius 1 is 1.44 bits per heavy atom. The van der Waals surface area contributed by atoms with Gasteiger partial charge in [-0.15, -0.1) is 0 Å². The summed E-state index contributed by atoms with van der Waals surface area (Å²) in [6, 6.07) is 0.426. The van der Waals surface area contributed by atoms with Gasteiger partial charge in [0.1, 0.15) is 5.82 Å². The first-order valence-corrected chi connectivity index (χ1v) is 6.11. The van der Waals surface area contributed by atoms with Gasteiger partial charge in [-0.05, 0) is 12.8 Å². The van der Waals surface area contributed by atoms with E-state index in [0.717, 1.165) is 30.1 Å². The number of nitrogens with one attached hydrogen (secondary N) is 2. The first kappa shape index (κ1) is 11.3. The first-order chi connectivity index (χ1) is 8.80. The fraction of sp³-hybridized carbons (Fsp3) is 0.500. The summed E-state index contributed by atoms with van der Waals surface area (Å²) in [5, 5.41) is 6.49. The van der Waals surface area contributed by atoms with Crippen LogP contribution in [-0.4, -0.2) is 40.7 Å². The minimum Gasteiger partial charge on any atom is -0.381 e. The molecule has 0 amide bonds. The van der Waals surface area contributed by atoms with E-state index < -0.39 is 0 Å². The number of anilines is 2. The number of hydrogen-bond acceptors (Lipinski definition) is 5. The fourth-order valence-electron chi connectivity index (χ4n) is 2.22. The Labute approximate surface area is 105 Å². The van der Waals surface area contributed by atoms with Gasteiger partial charge in [-0.1, -0.05) is 0 Å². The van der Waals surface area contributed by atoms with Gasteiger partial charge in [-0.2, -0.15) is 0 Å². The van der Waals surface area contributed by atoms with E-state index in [4.69, 9.17) is 4.74 Å². The maximum Gasteiger partial charge on any atom is 0.180 e. The van der Waals surface area contributed by atoms with Crippen LogP contribution in [0.2, 0.25) is 0 Å².